The molecule has 0 radical (unpaired) electrons. The quantitative estimate of drug-likeness (QED) is 0.787. The molecule has 1 amide bonds. The van der Waals surface area contributed by atoms with Gasteiger partial charge in [-0.3, -0.25) is 14.9 Å². The zero-order valence-corrected chi connectivity index (χ0v) is 13.9. The maximum absolute atomic E-state index is 12.2. The number of hydrogen-bond donors (Lipinski definition) is 1. The molecule has 126 valence electrons. The van der Waals surface area contributed by atoms with Gasteiger partial charge >= 0.3 is 0 Å². The first kappa shape index (κ1) is 16.5. The average Bonchev–Trinajstić information content (AvgIpc) is 2.56. The molecule has 0 aliphatic rings. The third-order valence-electron chi connectivity index (χ3n) is 3.46. The molecule has 0 unspecified atom stereocenters. The lowest BCUT2D eigenvalue weighted by Crippen LogP contribution is -2.29. The van der Waals surface area contributed by atoms with Gasteiger partial charge in [-0.1, -0.05) is 30.3 Å². The van der Waals surface area contributed by atoms with Crippen LogP contribution in [0.25, 0.3) is 11.3 Å². The number of carbonyl (C=O) groups excluding carboxylic acids is 1. The SMILES string of the molecule is Cc1cc(C)nc(NC(=O)Cn2nc(-c3ccccc3)ccc2=O)n1. The predicted octanol–water partition coefficient (Wildman–Crippen LogP) is 1.96. The van der Waals surface area contributed by atoms with E-state index in [1.807, 2.05) is 50.2 Å². The van der Waals surface area contributed by atoms with Crippen LogP contribution in [0.15, 0.2) is 53.3 Å². The smallest absolute Gasteiger partial charge is 0.267 e. The van der Waals surface area contributed by atoms with Crippen molar-refractivity contribution in [2.24, 2.45) is 0 Å². The summed E-state index contributed by atoms with van der Waals surface area (Å²) >= 11 is 0. The highest BCUT2D eigenvalue weighted by Gasteiger charge is 2.10. The molecule has 0 saturated carbocycles. The molecule has 0 fully saturated rings. The molecule has 3 aromatic rings. The van der Waals surface area contributed by atoms with Crippen LogP contribution in [0.1, 0.15) is 11.4 Å². The van der Waals surface area contributed by atoms with Crippen molar-refractivity contribution in [3.05, 3.63) is 70.3 Å². The number of aromatic nitrogens is 4. The van der Waals surface area contributed by atoms with Crippen LogP contribution in [0.5, 0.6) is 0 Å². The van der Waals surface area contributed by atoms with Crippen LogP contribution in [0.4, 0.5) is 5.95 Å². The van der Waals surface area contributed by atoms with E-state index in [-0.39, 0.29) is 18.1 Å². The number of amides is 1. The van der Waals surface area contributed by atoms with Crippen molar-refractivity contribution in [2.45, 2.75) is 20.4 Å². The van der Waals surface area contributed by atoms with Crippen LogP contribution < -0.4 is 10.9 Å². The highest BCUT2D eigenvalue weighted by molar-refractivity contribution is 5.88. The third kappa shape index (κ3) is 4.14. The minimum atomic E-state index is -0.412. The first-order chi connectivity index (χ1) is 12.0. The topological polar surface area (TPSA) is 89.8 Å². The molecule has 0 atom stereocenters. The number of benzene rings is 1. The van der Waals surface area contributed by atoms with Crippen molar-refractivity contribution in [2.75, 3.05) is 5.32 Å². The highest BCUT2D eigenvalue weighted by Crippen LogP contribution is 2.14. The standard InChI is InChI=1S/C18H17N5O2/c1-12-10-13(2)20-18(19-12)21-16(24)11-23-17(25)9-8-15(22-23)14-6-4-3-5-7-14/h3-10H,11H2,1-2H3,(H,19,20,21,24). The Balaban J connectivity index is 1.80. The van der Waals surface area contributed by atoms with Crippen LogP contribution in [-0.4, -0.2) is 25.7 Å². The molecule has 3 rings (SSSR count). The fraction of sp³-hybridized carbons (Fsp3) is 0.167. The summed E-state index contributed by atoms with van der Waals surface area (Å²) < 4.78 is 1.13. The molecule has 0 spiro atoms. The van der Waals surface area contributed by atoms with Gasteiger partial charge in [-0.05, 0) is 26.0 Å². The van der Waals surface area contributed by atoms with E-state index in [9.17, 15) is 9.59 Å². The van der Waals surface area contributed by atoms with Gasteiger partial charge in [0.15, 0.2) is 0 Å². The van der Waals surface area contributed by atoms with Crippen molar-refractivity contribution in [3.63, 3.8) is 0 Å². The van der Waals surface area contributed by atoms with E-state index in [2.05, 4.69) is 20.4 Å². The maximum atomic E-state index is 12.2. The fourth-order valence-corrected chi connectivity index (χ4v) is 2.41. The Morgan fingerprint density at radius 3 is 2.40 bits per heavy atom. The Morgan fingerprint density at radius 1 is 1.04 bits per heavy atom. The van der Waals surface area contributed by atoms with E-state index < -0.39 is 5.91 Å². The lowest BCUT2D eigenvalue weighted by Gasteiger charge is -2.08. The molecule has 0 aliphatic heterocycles. The van der Waals surface area contributed by atoms with Gasteiger partial charge in [-0.15, -0.1) is 0 Å². The minimum Gasteiger partial charge on any atom is -0.293 e. The maximum Gasteiger partial charge on any atom is 0.267 e. The second-order valence-corrected chi connectivity index (χ2v) is 5.60. The molecule has 1 N–H and O–H groups in total. The molecule has 2 heterocycles. The van der Waals surface area contributed by atoms with Gasteiger partial charge in [0.2, 0.25) is 11.9 Å². The van der Waals surface area contributed by atoms with Crippen molar-refractivity contribution in [1.29, 1.82) is 0 Å². The van der Waals surface area contributed by atoms with Crippen LogP contribution in [0.3, 0.4) is 0 Å². The fourth-order valence-electron chi connectivity index (χ4n) is 2.41. The number of anilines is 1. The average molecular weight is 335 g/mol. The van der Waals surface area contributed by atoms with Gasteiger partial charge in [0.1, 0.15) is 6.54 Å². The Labute approximate surface area is 144 Å². The summed E-state index contributed by atoms with van der Waals surface area (Å²) in [7, 11) is 0. The van der Waals surface area contributed by atoms with E-state index >= 15 is 0 Å². The van der Waals surface area contributed by atoms with Crippen molar-refractivity contribution >= 4 is 11.9 Å². The summed E-state index contributed by atoms with van der Waals surface area (Å²) in [5.41, 5.74) is 2.65. The Bertz CT molecular complexity index is 946. The summed E-state index contributed by atoms with van der Waals surface area (Å²) in [5.74, 6) is -0.195. The second kappa shape index (κ2) is 7.04. The summed E-state index contributed by atoms with van der Waals surface area (Å²) in [6, 6.07) is 14.3. The summed E-state index contributed by atoms with van der Waals surface area (Å²) in [6.07, 6.45) is 0. The van der Waals surface area contributed by atoms with Gasteiger partial charge in [0, 0.05) is 23.0 Å². The van der Waals surface area contributed by atoms with Gasteiger partial charge < -0.3 is 0 Å². The first-order valence-corrected chi connectivity index (χ1v) is 7.77. The first-order valence-electron chi connectivity index (χ1n) is 7.77. The summed E-state index contributed by atoms with van der Waals surface area (Å²) in [5, 5.41) is 6.86. The van der Waals surface area contributed by atoms with Gasteiger partial charge in [0.05, 0.1) is 5.69 Å². The summed E-state index contributed by atoms with van der Waals surface area (Å²) in [4.78, 5) is 32.5. The monoisotopic (exact) mass is 335 g/mol. The largest absolute Gasteiger partial charge is 0.293 e. The van der Waals surface area contributed by atoms with Crippen LogP contribution >= 0.6 is 0 Å². The molecule has 7 nitrogen and oxygen atoms in total. The van der Waals surface area contributed by atoms with Crippen LogP contribution in [0, 0.1) is 13.8 Å². The van der Waals surface area contributed by atoms with E-state index in [1.165, 1.54) is 6.07 Å². The number of rotatable bonds is 4. The third-order valence-corrected chi connectivity index (χ3v) is 3.46. The lowest BCUT2D eigenvalue weighted by molar-refractivity contribution is -0.117. The Morgan fingerprint density at radius 2 is 1.72 bits per heavy atom. The zero-order chi connectivity index (χ0) is 17.8. The number of hydrogen-bond acceptors (Lipinski definition) is 5. The van der Waals surface area contributed by atoms with E-state index in [0.717, 1.165) is 21.6 Å². The summed E-state index contributed by atoms with van der Waals surface area (Å²) in [6.45, 7) is 3.43. The molecule has 25 heavy (non-hydrogen) atoms. The number of carbonyl (C=O) groups is 1. The van der Waals surface area contributed by atoms with Gasteiger partial charge in [0.25, 0.3) is 5.56 Å². The highest BCUT2D eigenvalue weighted by atomic mass is 16.2. The molecular weight excluding hydrogens is 318 g/mol. The van der Waals surface area contributed by atoms with E-state index in [4.69, 9.17) is 0 Å². The van der Waals surface area contributed by atoms with Gasteiger partial charge in [-0.2, -0.15) is 5.10 Å². The molecule has 7 heteroatoms. The molecule has 2 aromatic heterocycles. The molecule has 0 aliphatic carbocycles. The van der Waals surface area contributed by atoms with E-state index in [1.54, 1.807) is 6.07 Å². The van der Waals surface area contributed by atoms with Crippen molar-refractivity contribution < 1.29 is 4.79 Å². The number of nitrogens with zero attached hydrogens (tertiary/aromatic N) is 4. The van der Waals surface area contributed by atoms with E-state index in [0.29, 0.717) is 5.69 Å². The van der Waals surface area contributed by atoms with Crippen LogP contribution in [-0.2, 0) is 11.3 Å². The van der Waals surface area contributed by atoms with Crippen molar-refractivity contribution in [1.82, 2.24) is 19.7 Å². The van der Waals surface area contributed by atoms with Crippen LogP contribution in [0.2, 0.25) is 0 Å². The Hall–Kier alpha value is -3.35. The molecule has 0 saturated heterocycles. The lowest BCUT2D eigenvalue weighted by atomic mass is 10.1. The van der Waals surface area contributed by atoms with Gasteiger partial charge in [-0.25, -0.2) is 14.6 Å². The molecule has 1 aromatic carbocycles. The Kier molecular flexibility index (Phi) is 4.65. The molecular formula is C18H17N5O2. The normalized spacial score (nSPS) is 10.5. The van der Waals surface area contributed by atoms with Crippen molar-refractivity contribution in [3.8, 4) is 11.3 Å². The zero-order valence-electron chi connectivity index (χ0n) is 13.9. The molecule has 0 bridgehead atoms. The minimum absolute atomic E-state index is 0.212. The number of nitrogens with one attached hydrogen (secondary N) is 1. The number of aryl methyl sites for hydroxylation is 2. The predicted molar refractivity (Wildman–Crippen MR) is 94.1 cm³/mol. The second-order valence-electron chi connectivity index (χ2n) is 5.60.